The van der Waals surface area contributed by atoms with Crippen LogP contribution in [0.15, 0.2) is 53.4 Å². The molecular weight excluding hydrogens is 475 g/mol. The largest absolute Gasteiger partial charge is 0.454 e. The van der Waals surface area contributed by atoms with Crippen molar-refractivity contribution >= 4 is 17.4 Å². The highest BCUT2D eigenvalue weighted by Gasteiger charge is 2.17. The van der Waals surface area contributed by atoms with Gasteiger partial charge in [0.1, 0.15) is 12.9 Å². The second-order valence-corrected chi connectivity index (χ2v) is 10.2. The molecule has 1 aliphatic heterocycles. The maximum absolute atomic E-state index is 13.3. The van der Waals surface area contributed by atoms with Gasteiger partial charge in [-0.25, -0.2) is 18.7 Å². The molecule has 1 aliphatic rings. The van der Waals surface area contributed by atoms with Crippen LogP contribution in [-0.2, 0) is 24.2 Å². The van der Waals surface area contributed by atoms with Crippen molar-refractivity contribution in [3.05, 3.63) is 63.9 Å². The normalized spacial score (nSPS) is 13.2. The summed E-state index contributed by atoms with van der Waals surface area (Å²) in [6, 6.07) is 9.91. The first-order valence-electron chi connectivity index (χ1n) is 11.1. The van der Waals surface area contributed by atoms with Crippen molar-refractivity contribution in [1.82, 2.24) is 19.7 Å². The molecule has 1 N–H and O–H groups in total. The van der Waals surface area contributed by atoms with E-state index in [2.05, 4.69) is 10.4 Å². The summed E-state index contributed by atoms with van der Waals surface area (Å²) in [5.74, 6) is 1.48. The van der Waals surface area contributed by atoms with Gasteiger partial charge in [-0.3, -0.25) is 4.57 Å². The standard InChI is InChI=1S/C24H27FN4O5S/c1-24(2,3)27-22(30)32-13-16(11-25)12-29-23(31)28(14-26-29)9-8-18-5-7-21(35-18)17-4-6-19-20(10-17)34-15-33-19/h4-7,10-11,14H,8-9,12-13,15H2,1-3H3,(H,27,30)/b16-11+. The average Bonchev–Trinajstić information content (AvgIpc) is 3.54. The molecule has 2 aromatic heterocycles. The number of amides is 1. The topological polar surface area (TPSA) is 96.6 Å². The Balaban J connectivity index is 1.32. The van der Waals surface area contributed by atoms with Crippen LogP contribution >= 0.6 is 11.3 Å². The number of carbonyl (C=O) groups excluding carboxylic acids is 1. The van der Waals surface area contributed by atoms with Gasteiger partial charge < -0.3 is 19.5 Å². The summed E-state index contributed by atoms with van der Waals surface area (Å²) in [5, 5.41) is 6.69. The first-order valence-corrected chi connectivity index (χ1v) is 11.9. The van der Waals surface area contributed by atoms with Crippen molar-refractivity contribution < 1.29 is 23.4 Å². The van der Waals surface area contributed by atoms with Crippen LogP contribution < -0.4 is 20.5 Å². The zero-order valence-corrected chi connectivity index (χ0v) is 20.6. The van der Waals surface area contributed by atoms with E-state index < -0.39 is 11.6 Å². The fraction of sp³-hybridized carbons (Fsp3) is 0.375. The molecule has 9 nitrogen and oxygen atoms in total. The molecule has 0 atom stereocenters. The Morgan fingerprint density at radius 1 is 1.26 bits per heavy atom. The van der Waals surface area contributed by atoms with Crippen molar-refractivity contribution in [2.24, 2.45) is 0 Å². The van der Waals surface area contributed by atoms with E-state index in [4.69, 9.17) is 14.2 Å². The summed E-state index contributed by atoms with van der Waals surface area (Å²) < 4.78 is 31.8. The Bertz CT molecular complexity index is 1290. The number of thiophene rings is 1. The Labute approximate surface area is 205 Å². The number of aromatic nitrogens is 3. The highest BCUT2D eigenvalue weighted by molar-refractivity contribution is 7.15. The van der Waals surface area contributed by atoms with Crippen LogP contribution in [0.25, 0.3) is 10.4 Å². The SMILES string of the molecule is CC(C)(C)NC(=O)OC/C(=C/F)Cn1ncn(CCc2ccc(-c3ccc4c(c3)OCO4)s2)c1=O. The van der Waals surface area contributed by atoms with E-state index >= 15 is 0 Å². The molecule has 11 heteroatoms. The van der Waals surface area contributed by atoms with Crippen LogP contribution in [0.4, 0.5) is 9.18 Å². The molecule has 0 radical (unpaired) electrons. The molecule has 0 spiro atoms. The number of alkyl carbamates (subject to hydrolysis) is 1. The number of carbonyl (C=O) groups is 1. The zero-order chi connectivity index (χ0) is 25.0. The lowest BCUT2D eigenvalue weighted by Crippen LogP contribution is -2.41. The average molecular weight is 503 g/mol. The van der Waals surface area contributed by atoms with Crippen molar-refractivity contribution in [1.29, 1.82) is 0 Å². The van der Waals surface area contributed by atoms with Crippen LogP contribution in [0.1, 0.15) is 25.6 Å². The van der Waals surface area contributed by atoms with Crippen LogP contribution in [0.2, 0.25) is 0 Å². The predicted octanol–water partition coefficient (Wildman–Crippen LogP) is 4.12. The molecular formula is C24H27FN4O5S. The molecule has 1 amide bonds. The van der Waals surface area contributed by atoms with Gasteiger partial charge in [0.2, 0.25) is 6.79 Å². The van der Waals surface area contributed by atoms with Crippen LogP contribution in [0.3, 0.4) is 0 Å². The van der Waals surface area contributed by atoms with E-state index in [9.17, 15) is 14.0 Å². The molecule has 3 heterocycles. The van der Waals surface area contributed by atoms with Crippen LogP contribution in [0, 0.1) is 0 Å². The number of benzene rings is 1. The van der Waals surface area contributed by atoms with Crippen LogP contribution in [0.5, 0.6) is 11.5 Å². The molecule has 0 bridgehead atoms. The van der Waals surface area contributed by atoms with Gasteiger partial charge in [0.25, 0.3) is 0 Å². The molecule has 0 unspecified atom stereocenters. The van der Waals surface area contributed by atoms with E-state index in [0.29, 0.717) is 19.3 Å². The van der Waals surface area contributed by atoms with E-state index in [1.165, 1.54) is 10.9 Å². The van der Waals surface area contributed by atoms with Gasteiger partial charge >= 0.3 is 11.8 Å². The number of ether oxygens (including phenoxy) is 3. The van der Waals surface area contributed by atoms with Gasteiger partial charge in [0, 0.05) is 27.4 Å². The van der Waals surface area contributed by atoms with Crippen molar-refractivity contribution in [2.75, 3.05) is 13.4 Å². The molecule has 4 rings (SSSR count). The second-order valence-electron chi connectivity index (χ2n) is 9.07. The van der Waals surface area contributed by atoms with Gasteiger partial charge in [0.05, 0.1) is 12.9 Å². The quantitative estimate of drug-likeness (QED) is 0.498. The minimum Gasteiger partial charge on any atom is -0.454 e. The third-order valence-corrected chi connectivity index (χ3v) is 6.28. The zero-order valence-electron chi connectivity index (χ0n) is 19.7. The van der Waals surface area contributed by atoms with Gasteiger partial charge in [0.15, 0.2) is 11.5 Å². The number of hydrogen-bond donors (Lipinski definition) is 1. The fourth-order valence-electron chi connectivity index (χ4n) is 3.39. The number of rotatable bonds is 8. The number of nitrogens with one attached hydrogen (secondary N) is 1. The summed E-state index contributed by atoms with van der Waals surface area (Å²) in [6.45, 7) is 5.69. The third-order valence-electron chi connectivity index (χ3n) is 5.09. The fourth-order valence-corrected chi connectivity index (χ4v) is 4.38. The molecule has 0 saturated carbocycles. The maximum Gasteiger partial charge on any atom is 0.407 e. The summed E-state index contributed by atoms with van der Waals surface area (Å²) in [7, 11) is 0. The summed E-state index contributed by atoms with van der Waals surface area (Å²) in [5.41, 5.74) is 0.323. The van der Waals surface area contributed by atoms with Crippen LogP contribution in [-0.4, -0.2) is 39.4 Å². The molecule has 35 heavy (non-hydrogen) atoms. The Kier molecular flexibility index (Phi) is 7.25. The molecule has 186 valence electrons. The predicted molar refractivity (Wildman–Crippen MR) is 129 cm³/mol. The Hall–Kier alpha value is -3.60. The minimum absolute atomic E-state index is 0.113. The number of hydrogen-bond acceptors (Lipinski definition) is 7. The Morgan fingerprint density at radius 2 is 2.06 bits per heavy atom. The second kappa shape index (κ2) is 10.3. The summed E-state index contributed by atoms with van der Waals surface area (Å²) >= 11 is 1.64. The lowest BCUT2D eigenvalue weighted by Gasteiger charge is -2.20. The Morgan fingerprint density at radius 3 is 2.83 bits per heavy atom. The summed E-state index contributed by atoms with van der Waals surface area (Å²) in [6.07, 6.45) is 1.74. The lowest BCUT2D eigenvalue weighted by atomic mass is 10.1. The maximum atomic E-state index is 13.3. The molecule has 0 aliphatic carbocycles. The van der Waals surface area contributed by atoms with E-state index in [-0.39, 0.29) is 31.2 Å². The van der Waals surface area contributed by atoms with Crippen molar-refractivity contribution in [2.45, 2.75) is 45.8 Å². The van der Waals surface area contributed by atoms with Gasteiger partial charge in [-0.05, 0) is 63.1 Å². The highest BCUT2D eigenvalue weighted by atomic mass is 32.1. The van der Waals surface area contributed by atoms with E-state index in [1.54, 1.807) is 32.1 Å². The number of nitrogens with zero attached hydrogens (tertiary/aromatic N) is 3. The highest BCUT2D eigenvalue weighted by Crippen LogP contribution is 2.38. The van der Waals surface area contributed by atoms with Gasteiger partial charge in [-0.15, -0.1) is 11.3 Å². The van der Waals surface area contributed by atoms with Gasteiger partial charge in [-0.2, -0.15) is 5.10 Å². The minimum atomic E-state index is -0.661. The van der Waals surface area contributed by atoms with E-state index in [1.807, 2.05) is 30.3 Å². The lowest BCUT2D eigenvalue weighted by molar-refractivity contribution is 0.145. The van der Waals surface area contributed by atoms with Crippen molar-refractivity contribution in [3.8, 4) is 21.9 Å². The first-order chi connectivity index (χ1) is 16.7. The number of aryl methyl sites for hydroxylation is 2. The smallest absolute Gasteiger partial charge is 0.407 e. The first kappa shape index (κ1) is 24.5. The number of fused-ring (bicyclic) bond motifs is 1. The van der Waals surface area contributed by atoms with Gasteiger partial charge in [-0.1, -0.05) is 0 Å². The van der Waals surface area contributed by atoms with Crippen molar-refractivity contribution in [3.63, 3.8) is 0 Å². The van der Waals surface area contributed by atoms with E-state index in [0.717, 1.165) is 31.5 Å². The monoisotopic (exact) mass is 502 g/mol. The molecule has 0 fully saturated rings. The molecule has 0 saturated heterocycles. The number of halogens is 1. The molecule has 1 aromatic carbocycles. The molecule has 3 aromatic rings. The summed E-state index contributed by atoms with van der Waals surface area (Å²) in [4.78, 5) is 26.7. The third kappa shape index (κ3) is 6.30.